The van der Waals surface area contributed by atoms with Crippen LogP contribution < -0.4 is 10.1 Å². The summed E-state index contributed by atoms with van der Waals surface area (Å²) >= 11 is 0. The molecule has 0 saturated heterocycles. The van der Waals surface area contributed by atoms with Gasteiger partial charge in [-0.1, -0.05) is 22.9 Å². The Hall–Kier alpha value is -1.88. The highest BCUT2D eigenvalue weighted by atomic mass is 16.5. The zero-order valence-corrected chi connectivity index (χ0v) is 12.0. The summed E-state index contributed by atoms with van der Waals surface area (Å²) in [6.07, 6.45) is 4.57. The van der Waals surface area contributed by atoms with Crippen molar-refractivity contribution >= 4 is 0 Å². The second-order valence-corrected chi connectivity index (χ2v) is 5.38. The highest BCUT2D eigenvalue weighted by Gasteiger charge is 2.20. The monoisotopic (exact) mass is 272 g/mol. The lowest BCUT2D eigenvalue weighted by atomic mass is 10.1. The molecule has 3 rings (SSSR count). The third kappa shape index (κ3) is 3.17. The first-order valence-electron chi connectivity index (χ1n) is 7.00. The number of aromatic nitrogens is 3. The summed E-state index contributed by atoms with van der Waals surface area (Å²) in [5.41, 5.74) is 3.33. The Morgan fingerprint density at radius 3 is 3.00 bits per heavy atom. The topological polar surface area (TPSA) is 52.0 Å². The average Bonchev–Trinajstić information content (AvgIpc) is 3.17. The predicted octanol–water partition coefficient (Wildman–Crippen LogP) is 1.90. The molecule has 1 aromatic carbocycles. The van der Waals surface area contributed by atoms with Gasteiger partial charge in [0.1, 0.15) is 5.75 Å². The third-order valence-electron chi connectivity index (χ3n) is 3.50. The van der Waals surface area contributed by atoms with E-state index in [1.54, 1.807) is 7.11 Å². The van der Waals surface area contributed by atoms with Crippen molar-refractivity contribution in [1.82, 2.24) is 20.3 Å². The molecule has 1 N–H and O–H groups in total. The highest BCUT2D eigenvalue weighted by molar-refractivity contribution is 5.36. The van der Waals surface area contributed by atoms with Gasteiger partial charge >= 0.3 is 0 Å². The molecule has 1 saturated carbocycles. The Balaban J connectivity index is 1.68. The molecule has 1 heterocycles. The smallest absolute Gasteiger partial charge is 0.123 e. The summed E-state index contributed by atoms with van der Waals surface area (Å²) in [5.74, 6) is 0.892. The highest BCUT2D eigenvalue weighted by Crippen LogP contribution is 2.21. The standard InChI is InChI=1S/C15H20N4O/c1-11-3-6-15(20-2)12(7-11)9-19-10-14(17-18-19)8-16-13-4-5-13/h3,6-7,10,13,16H,4-5,8-9H2,1-2H3. The van der Waals surface area contributed by atoms with Gasteiger partial charge in [0.2, 0.25) is 0 Å². The second kappa shape index (κ2) is 5.63. The lowest BCUT2D eigenvalue weighted by Crippen LogP contribution is -2.15. The van der Waals surface area contributed by atoms with Crippen LogP contribution in [0.1, 0.15) is 29.7 Å². The number of methoxy groups -OCH3 is 1. The summed E-state index contributed by atoms with van der Waals surface area (Å²) in [7, 11) is 1.69. The first kappa shape index (κ1) is 13.1. The number of ether oxygens (including phenoxy) is 1. The molecular formula is C15H20N4O. The first-order valence-corrected chi connectivity index (χ1v) is 7.00. The van der Waals surface area contributed by atoms with Gasteiger partial charge in [-0.15, -0.1) is 5.10 Å². The van der Waals surface area contributed by atoms with Crippen LogP contribution in [0.3, 0.4) is 0 Å². The fraction of sp³-hybridized carbons (Fsp3) is 0.467. The Kier molecular flexibility index (Phi) is 3.69. The predicted molar refractivity (Wildman–Crippen MR) is 76.7 cm³/mol. The lowest BCUT2D eigenvalue weighted by Gasteiger charge is -2.09. The quantitative estimate of drug-likeness (QED) is 0.872. The van der Waals surface area contributed by atoms with Crippen LogP contribution in [0.25, 0.3) is 0 Å². The largest absolute Gasteiger partial charge is 0.496 e. The van der Waals surface area contributed by atoms with Gasteiger partial charge in [-0.2, -0.15) is 0 Å². The van der Waals surface area contributed by atoms with E-state index in [9.17, 15) is 0 Å². The SMILES string of the molecule is COc1ccc(C)cc1Cn1cc(CNC2CC2)nn1. The van der Waals surface area contributed by atoms with E-state index in [0.29, 0.717) is 12.6 Å². The van der Waals surface area contributed by atoms with Gasteiger partial charge in [0.25, 0.3) is 0 Å². The summed E-state index contributed by atoms with van der Waals surface area (Å²) < 4.78 is 7.26. The van der Waals surface area contributed by atoms with E-state index >= 15 is 0 Å². The van der Waals surface area contributed by atoms with Crippen LogP contribution in [0, 0.1) is 6.92 Å². The molecule has 0 spiro atoms. The van der Waals surface area contributed by atoms with E-state index in [1.807, 2.05) is 16.9 Å². The number of nitrogens with one attached hydrogen (secondary N) is 1. The van der Waals surface area contributed by atoms with E-state index in [2.05, 4.69) is 34.7 Å². The summed E-state index contributed by atoms with van der Waals surface area (Å²) in [6, 6.07) is 6.87. The summed E-state index contributed by atoms with van der Waals surface area (Å²) in [4.78, 5) is 0. The van der Waals surface area contributed by atoms with Crippen LogP contribution in [-0.4, -0.2) is 28.1 Å². The third-order valence-corrected chi connectivity index (χ3v) is 3.50. The Labute approximate surface area is 118 Å². The second-order valence-electron chi connectivity index (χ2n) is 5.38. The van der Waals surface area contributed by atoms with E-state index in [-0.39, 0.29) is 0 Å². The van der Waals surface area contributed by atoms with Crippen LogP contribution >= 0.6 is 0 Å². The number of aryl methyl sites for hydroxylation is 1. The Morgan fingerprint density at radius 1 is 1.40 bits per heavy atom. The molecule has 5 nitrogen and oxygen atoms in total. The van der Waals surface area contributed by atoms with Gasteiger partial charge in [0.15, 0.2) is 0 Å². The van der Waals surface area contributed by atoms with Gasteiger partial charge in [0.05, 0.1) is 25.5 Å². The number of nitrogens with zero attached hydrogens (tertiary/aromatic N) is 3. The maximum atomic E-state index is 5.39. The maximum absolute atomic E-state index is 5.39. The van der Waals surface area contributed by atoms with Crippen molar-refractivity contribution in [2.75, 3.05) is 7.11 Å². The molecule has 5 heteroatoms. The molecule has 0 bridgehead atoms. The molecule has 20 heavy (non-hydrogen) atoms. The molecule has 1 aliphatic rings. The fourth-order valence-electron chi connectivity index (χ4n) is 2.24. The van der Waals surface area contributed by atoms with Crippen molar-refractivity contribution in [2.45, 2.75) is 38.9 Å². The van der Waals surface area contributed by atoms with Gasteiger partial charge in [-0.05, 0) is 25.8 Å². The van der Waals surface area contributed by atoms with Crippen LogP contribution in [0.4, 0.5) is 0 Å². The van der Waals surface area contributed by atoms with Crippen LogP contribution in [0.15, 0.2) is 24.4 Å². The number of benzene rings is 1. The Bertz CT molecular complexity index is 589. The number of rotatable bonds is 6. The molecule has 1 aromatic heterocycles. The van der Waals surface area contributed by atoms with Crippen LogP contribution in [0.5, 0.6) is 5.75 Å². The molecule has 0 aliphatic heterocycles. The molecule has 106 valence electrons. The van der Waals surface area contributed by atoms with E-state index in [0.717, 1.165) is 23.6 Å². The lowest BCUT2D eigenvalue weighted by molar-refractivity contribution is 0.407. The van der Waals surface area contributed by atoms with E-state index < -0.39 is 0 Å². The van der Waals surface area contributed by atoms with Crippen LogP contribution in [-0.2, 0) is 13.1 Å². The van der Waals surface area contributed by atoms with Gasteiger partial charge < -0.3 is 10.1 Å². The number of hydrogen-bond acceptors (Lipinski definition) is 4. The maximum Gasteiger partial charge on any atom is 0.123 e. The average molecular weight is 272 g/mol. The minimum absolute atomic E-state index is 0.682. The minimum Gasteiger partial charge on any atom is -0.496 e. The molecule has 0 unspecified atom stereocenters. The molecular weight excluding hydrogens is 252 g/mol. The van der Waals surface area contributed by atoms with Crippen molar-refractivity contribution in [3.63, 3.8) is 0 Å². The van der Waals surface area contributed by atoms with Gasteiger partial charge in [-0.3, -0.25) is 0 Å². The summed E-state index contributed by atoms with van der Waals surface area (Å²) in [6.45, 7) is 3.56. The molecule has 0 amide bonds. The zero-order valence-electron chi connectivity index (χ0n) is 12.0. The zero-order chi connectivity index (χ0) is 13.9. The van der Waals surface area contributed by atoms with Crippen molar-refractivity contribution in [1.29, 1.82) is 0 Å². The van der Waals surface area contributed by atoms with Gasteiger partial charge in [-0.25, -0.2) is 4.68 Å². The first-order chi connectivity index (χ1) is 9.74. The number of hydrogen-bond donors (Lipinski definition) is 1. The fourth-order valence-corrected chi connectivity index (χ4v) is 2.24. The Morgan fingerprint density at radius 2 is 2.25 bits per heavy atom. The normalized spacial score (nSPS) is 14.5. The van der Waals surface area contributed by atoms with Crippen molar-refractivity contribution in [2.24, 2.45) is 0 Å². The van der Waals surface area contributed by atoms with Gasteiger partial charge in [0, 0.05) is 18.2 Å². The summed E-state index contributed by atoms with van der Waals surface area (Å²) in [5, 5.41) is 11.8. The van der Waals surface area contributed by atoms with Crippen molar-refractivity contribution in [3.8, 4) is 5.75 Å². The van der Waals surface area contributed by atoms with E-state index in [4.69, 9.17) is 4.74 Å². The van der Waals surface area contributed by atoms with Crippen LogP contribution in [0.2, 0.25) is 0 Å². The molecule has 1 aliphatic carbocycles. The molecule has 0 radical (unpaired) electrons. The molecule has 0 atom stereocenters. The molecule has 2 aromatic rings. The minimum atomic E-state index is 0.682. The van der Waals surface area contributed by atoms with E-state index in [1.165, 1.54) is 18.4 Å². The molecule has 1 fully saturated rings. The van der Waals surface area contributed by atoms with Crippen molar-refractivity contribution < 1.29 is 4.74 Å². The van der Waals surface area contributed by atoms with Crippen molar-refractivity contribution in [3.05, 3.63) is 41.2 Å².